The van der Waals surface area contributed by atoms with E-state index in [-0.39, 0.29) is 12.2 Å². The van der Waals surface area contributed by atoms with Crippen LogP contribution in [-0.2, 0) is 21.8 Å². The molecule has 8 nitrogen and oxygen atoms in total. The highest BCUT2D eigenvalue weighted by atomic mass is 32.2. The van der Waals surface area contributed by atoms with Gasteiger partial charge in [0, 0.05) is 13.2 Å². The number of sulfonamides is 1. The molecular formula is C14H16N4O4S. The molecule has 0 saturated carbocycles. The summed E-state index contributed by atoms with van der Waals surface area (Å²) in [5, 5.41) is 7.06. The Hall–Kier alpha value is -2.68. The first kappa shape index (κ1) is 16.7. The minimum Gasteiger partial charge on any atom is -0.462 e. The lowest BCUT2D eigenvalue weighted by atomic mass is 10.2. The Morgan fingerprint density at radius 2 is 2.09 bits per heavy atom. The number of nitrogens with one attached hydrogen (secondary N) is 1. The third-order valence-corrected chi connectivity index (χ3v) is 3.89. The van der Waals surface area contributed by atoms with Crippen LogP contribution in [0.2, 0.25) is 0 Å². The fourth-order valence-electron chi connectivity index (χ4n) is 1.77. The zero-order chi connectivity index (χ0) is 16.9. The van der Waals surface area contributed by atoms with Gasteiger partial charge >= 0.3 is 5.97 Å². The first-order valence-electron chi connectivity index (χ1n) is 6.74. The van der Waals surface area contributed by atoms with E-state index in [0.717, 1.165) is 5.56 Å². The van der Waals surface area contributed by atoms with Crippen molar-refractivity contribution in [3.05, 3.63) is 47.7 Å². The summed E-state index contributed by atoms with van der Waals surface area (Å²) in [6.07, 6.45) is 2.64. The molecule has 1 N–H and O–H groups in total. The number of aromatic nitrogens is 2. The van der Waals surface area contributed by atoms with E-state index in [9.17, 15) is 13.2 Å². The van der Waals surface area contributed by atoms with Gasteiger partial charge in [0.1, 0.15) is 5.56 Å². The molecule has 0 aliphatic rings. The number of rotatable bonds is 6. The van der Waals surface area contributed by atoms with E-state index < -0.39 is 21.0 Å². The van der Waals surface area contributed by atoms with Crippen LogP contribution in [0.4, 0.5) is 0 Å². The molecule has 0 unspecified atom stereocenters. The van der Waals surface area contributed by atoms with Gasteiger partial charge in [-0.15, -0.1) is 0 Å². The fraction of sp³-hybridized carbons (Fsp3) is 0.214. The van der Waals surface area contributed by atoms with Crippen LogP contribution >= 0.6 is 0 Å². The van der Waals surface area contributed by atoms with Crippen molar-refractivity contribution < 1.29 is 17.9 Å². The van der Waals surface area contributed by atoms with Gasteiger partial charge in [-0.25, -0.2) is 4.79 Å². The zero-order valence-electron chi connectivity index (χ0n) is 12.6. The average Bonchev–Trinajstić information content (AvgIpc) is 2.91. The summed E-state index contributed by atoms with van der Waals surface area (Å²) in [6.45, 7) is 1.76. The van der Waals surface area contributed by atoms with Crippen LogP contribution in [-0.4, -0.2) is 37.0 Å². The highest BCUT2D eigenvalue weighted by molar-refractivity contribution is 7.89. The summed E-state index contributed by atoms with van der Waals surface area (Å²) in [5.74, 6) is -0.756. The van der Waals surface area contributed by atoms with Crippen molar-refractivity contribution >= 4 is 22.2 Å². The third-order valence-electron chi connectivity index (χ3n) is 2.73. The Morgan fingerprint density at radius 1 is 1.39 bits per heavy atom. The number of nitrogens with zero attached hydrogens (tertiary/aromatic N) is 3. The second-order valence-electron chi connectivity index (χ2n) is 4.51. The number of benzene rings is 1. The molecule has 23 heavy (non-hydrogen) atoms. The SMILES string of the molecule is CCOC(=O)c1cn(C)nc1S(=O)(=O)N/N=C/c1ccccc1. The van der Waals surface area contributed by atoms with Crippen molar-refractivity contribution in [2.24, 2.45) is 12.1 Å². The summed E-state index contributed by atoms with van der Waals surface area (Å²) in [4.78, 5) is 13.8. The number of ether oxygens (including phenoxy) is 1. The molecule has 1 aromatic heterocycles. The Bertz CT molecular complexity index is 813. The molecule has 0 radical (unpaired) electrons. The number of hydrogen-bond acceptors (Lipinski definition) is 6. The maximum Gasteiger partial charge on any atom is 0.342 e. The lowest BCUT2D eigenvalue weighted by Gasteiger charge is -2.03. The third kappa shape index (κ3) is 4.16. The zero-order valence-corrected chi connectivity index (χ0v) is 13.4. The molecule has 2 rings (SSSR count). The molecule has 2 aromatic rings. The highest BCUT2D eigenvalue weighted by Gasteiger charge is 2.27. The van der Waals surface area contributed by atoms with Gasteiger partial charge in [0.2, 0.25) is 5.03 Å². The molecule has 0 spiro atoms. The van der Waals surface area contributed by atoms with E-state index in [2.05, 4.69) is 10.2 Å². The van der Waals surface area contributed by atoms with Gasteiger partial charge in [0.25, 0.3) is 10.0 Å². The molecule has 0 aliphatic carbocycles. The van der Waals surface area contributed by atoms with Gasteiger partial charge < -0.3 is 4.74 Å². The molecule has 1 heterocycles. The van der Waals surface area contributed by atoms with Gasteiger partial charge in [-0.3, -0.25) is 4.68 Å². The van der Waals surface area contributed by atoms with Crippen LogP contribution in [0.1, 0.15) is 22.8 Å². The quantitative estimate of drug-likeness (QED) is 0.480. The molecule has 0 aliphatic heterocycles. The van der Waals surface area contributed by atoms with E-state index in [0.29, 0.717) is 0 Å². The Kier molecular flexibility index (Phi) is 5.12. The molecule has 9 heteroatoms. The second kappa shape index (κ2) is 7.05. The first-order valence-corrected chi connectivity index (χ1v) is 8.23. The summed E-state index contributed by atoms with van der Waals surface area (Å²) >= 11 is 0. The molecule has 0 atom stereocenters. The van der Waals surface area contributed by atoms with Crippen LogP contribution < -0.4 is 4.83 Å². The minimum atomic E-state index is -4.08. The van der Waals surface area contributed by atoms with E-state index in [1.54, 1.807) is 31.2 Å². The number of esters is 1. The van der Waals surface area contributed by atoms with Crippen LogP contribution in [0, 0.1) is 0 Å². The Morgan fingerprint density at radius 3 is 2.74 bits per heavy atom. The molecular weight excluding hydrogens is 320 g/mol. The van der Waals surface area contributed by atoms with E-state index in [1.165, 1.54) is 24.1 Å². The monoisotopic (exact) mass is 336 g/mol. The fourth-order valence-corrected chi connectivity index (χ4v) is 2.71. The van der Waals surface area contributed by atoms with Gasteiger partial charge in [0.15, 0.2) is 0 Å². The summed E-state index contributed by atoms with van der Waals surface area (Å²) in [6, 6.07) is 8.97. The predicted molar refractivity (Wildman–Crippen MR) is 83.5 cm³/mol. The number of carbonyl (C=O) groups is 1. The molecule has 1 aromatic carbocycles. The van der Waals surface area contributed by atoms with Crippen molar-refractivity contribution in [3.63, 3.8) is 0 Å². The van der Waals surface area contributed by atoms with Gasteiger partial charge in [0.05, 0.1) is 12.8 Å². The second-order valence-corrected chi connectivity index (χ2v) is 6.08. The van der Waals surface area contributed by atoms with Gasteiger partial charge in [-0.2, -0.15) is 23.4 Å². The maximum atomic E-state index is 12.3. The predicted octanol–water partition coefficient (Wildman–Crippen LogP) is 0.909. The number of carbonyl (C=O) groups excluding carboxylic acids is 1. The molecule has 122 valence electrons. The van der Waals surface area contributed by atoms with Crippen LogP contribution in [0.3, 0.4) is 0 Å². The topological polar surface area (TPSA) is 103 Å². The van der Waals surface area contributed by atoms with Crippen LogP contribution in [0.15, 0.2) is 46.7 Å². The first-order chi connectivity index (χ1) is 10.9. The number of hydrazone groups is 1. The van der Waals surface area contributed by atoms with Crippen molar-refractivity contribution in [2.75, 3.05) is 6.61 Å². The molecule has 0 amide bonds. The van der Waals surface area contributed by atoms with Gasteiger partial charge in [-0.05, 0) is 12.5 Å². The standard InChI is InChI=1S/C14H16N4O4S/c1-3-22-14(19)12-10-18(2)16-13(12)23(20,21)17-15-9-11-7-5-4-6-8-11/h4-10,17H,3H2,1-2H3/b15-9+. The lowest BCUT2D eigenvalue weighted by Crippen LogP contribution is -2.22. The van der Waals surface area contributed by atoms with E-state index >= 15 is 0 Å². The Labute approximate surface area is 133 Å². The lowest BCUT2D eigenvalue weighted by molar-refractivity contribution is 0.0521. The minimum absolute atomic E-state index is 0.132. The van der Waals surface area contributed by atoms with Crippen molar-refractivity contribution in [3.8, 4) is 0 Å². The van der Waals surface area contributed by atoms with Crippen molar-refractivity contribution in [1.29, 1.82) is 0 Å². The summed E-state index contributed by atoms with van der Waals surface area (Å²) < 4.78 is 30.6. The van der Waals surface area contributed by atoms with E-state index in [4.69, 9.17) is 4.74 Å². The summed E-state index contributed by atoms with van der Waals surface area (Å²) in [5.41, 5.74) is 0.582. The van der Waals surface area contributed by atoms with Crippen LogP contribution in [0.25, 0.3) is 0 Å². The Balaban J connectivity index is 2.23. The van der Waals surface area contributed by atoms with Crippen molar-refractivity contribution in [2.45, 2.75) is 11.9 Å². The van der Waals surface area contributed by atoms with Crippen LogP contribution in [0.5, 0.6) is 0 Å². The maximum absolute atomic E-state index is 12.3. The highest BCUT2D eigenvalue weighted by Crippen LogP contribution is 2.14. The molecule has 0 saturated heterocycles. The number of hydrogen-bond donors (Lipinski definition) is 1. The average molecular weight is 336 g/mol. The summed E-state index contributed by atoms with van der Waals surface area (Å²) in [7, 11) is -2.58. The molecule has 0 bridgehead atoms. The number of aryl methyl sites for hydroxylation is 1. The van der Waals surface area contributed by atoms with Crippen molar-refractivity contribution in [1.82, 2.24) is 14.6 Å². The largest absolute Gasteiger partial charge is 0.462 e. The normalized spacial score (nSPS) is 11.6. The smallest absolute Gasteiger partial charge is 0.342 e. The molecule has 0 fully saturated rings. The van der Waals surface area contributed by atoms with Gasteiger partial charge in [-0.1, -0.05) is 30.3 Å². The van der Waals surface area contributed by atoms with E-state index in [1.807, 2.05) is 10.9 Å².